The molecular weight excluding hydrogens is 224 g/mol. The van der Waals surface area contributed by atoms with Crippen LogP contribution in [0.5, 0.6) is 0 Å². The molecule has 0 saturated carbocycles. The van der Waals surface area contributed by atoms with E-state index in [0.717, 1.165) is 24.1 Å². The van der Waals surface area contributed by atoms with Crippen molar-refractivity contribution in [1.29, 1.82) is 0 Å². The van der Waals surface area contributed by atoms with Crippen LogP contribution in [0.1, 0.15) is 23.2 Å². The Labute approximate surface area is 106 Å². The summed E-state index contributed by atoms with van der Waals surface area (Å²) in [6, 6.07) is 14.0. The van der Waals surface area contributed by atoms with E-state index in [1.165, 1.54) is 5.56 Å². The molecule has 0 amide bonds. The quantitative estimate of drug-likeness (QED) is 0.832. The van der Waals surface area contributed by atoms with E-state index in [0.29, 0.717) is 6.42 Å². The zero-order valence-corrected chi connectivity index (χ0v) is 9.97. The molecular formula is C15H14N2O. The summed E-state index contributed by atoms with van der Waals surface area (Å²) in [7, 11) is 0. The Balaban J connectivity index is 2.18. The van der Waals surface area contributed by atoms with Crippen molar-refractivity contribution in [3.8, 4) is 0 Å². The summed E-state index contributed by atoms with van der Waals surface area (Å²) < 4.78 is 0. The number of carbonyl (C=O) groups excluding carboxylic acids is 1. The summed E-state index contributed by atoms with van der Waals surface area (Å²) in [5, 5.41) is 3.46. The zero-order chi connectivity index (χ0) is 12.4. The van der Waals surface area contributed by atoms with Gasteiger partial charge in [-0.25, -0.2) is 0 Å². The van der Waals surface area contributed by atoms with Gasteiger partial charge in [0.2, 0.25) is 0 Å². The summed E-state index contributed by atoms with van der Waals surface area (Å²) in [6.45, 7) is 0.778. The minimum Gasteiger partial charge on any atom is -0.303 e. The molecule has 2 heterocycles. The van der Waals surface area contributed by atoms with E-state index in [9.17, 15) is 4.79 Å². The van der Waals surface area contributed by atoms with Gasteiger partial charge in [-0.3, -0.25) is 10.3 Å². The minimum atomic E-state index is -0.459. The Morgan fingerprint density at radius 2 is 2.06 bits per heavy atom. The normalized spacial score (nSPS) is 21.6. The number of hydrogen-bond acceptors (Lipinski definition) is 3. The van der Waals surface area contributed by atoms with E-state index >= 15 is 0 Å². The molecule has 0 spiro atoms. The average Bonchev–Trinajstić information content (AvgIpc) is 2.81. The Kier molecular flexibility index (Phi) is 2.68. The van der Waals surface area contributed by atoms with E-state index < -0.39 is 5.54 Å². The molecule has 0 bridgehead atoms. The van der Waals surface area contributed by atoms with Crippen LogP contribution in [0.25, 0.3) is 0 Å². The van der Waals surface area contributed by atoms with Gasteiger partial charge in [0.05, 0.1) is 11.2 Å². The maximum absolute atomic E-state index is 11.1. The second-order valence-electron chi connectivity index (χ2n) is 4.50. The van der Waals surface area contributed by atoms with Gasteiger partial charge in [0.25, 0.3) is 0 Å². The predicted molar refractivity (Wildman–Crippen MR) is 69.0 cm³/mol. The number of rotatable bonds is 3. The third kappa shape index (κ3) is 1.56. The van der Waals surface area contributed by atoms with Crippen molar-refractivity contribution < 1.29 is 4.79 Å². The van der Waals surface area contributed by atoms with Crippen molar-refractivity contribution >= 4 is 6.29 Å². The standard InChI is InChI=1S/C15H14N2O/c18-10-8-15(14-7-3-4-9-16-14)13-6-2-1-5-12(13)11-17-15/h1-7,9-10,17H,8,11H2. The lowest BCUT2D eigenvalue weighted by Crippen LogP contribution is -2.39. The Hall–Kier alpha value is -2.00. The molecule has 1 aromatic carbocycles. The maximum Gasteiger partial charge on any atom is 0.122 e. The van der Waals surface area contributed by atoms with Gasteiger partial charge in [-0.15, -0.1) is 0 Å². The molecule has 18 heavy (non-hydrogen) atoms. The lowest BCUT2D eigenvalue weighted by atomic mass is 9.84. The van der Waals surface area contributed by atoms with Crippen LogP contribution in [0.15, 0.2) is 48.7 Å². The van der Waals surface area contributed by atoms with E-state index in [-0.39, 0.29) is 0 Å². The molecule has 3 rings (SSSR count). The number of aldehydes is 1. The Morgan fingerprint density at radius 3 is 2.83 bits per heavy atom. The third-order valence-electron chi connectivity index (χ3n) is 3.55. The lowest BCUT2D eigenvalue weighted by Gasteiger charge is -2.28. The zero-order valence-electron chi connectivity index (χ0n) is 9.97. The van der Waals surface area contributed by atoms with E-state index in [4.69, 9.17) is 0 Å². The van der Waals surface area contributed by atoms with Gasteiger partial charge in [-0.2, -0.15) is 0 Å². The first-order chi connectivity index (χ1) is 8.87. The van der Waals surface area contributed by atoms with Crippen LogP contribution < -0.4 is 5.32 Å². The van der Waals surface area contributed by atoms with Crippen molar-refractivity contribution in [3.63, 3.8) is 0 Å². The average molecular weight is 238 g/mol. The first-order valence-corrected chi connectivity index (χ1v) is 6.05. The van der Waals surface area contributed by atoms with Crippen LogP contribution in [0.4, 0.5) is 0 Å². The minimum absolute atomic E-state index is 0.404. The first-order valence-electron chi connectivity index (χ1n) is 6.05. The number of pyridine rings is 1. The smallest absolute Gasteiger partial charge is 0.122 e. The molecule has 1 N–H and O–H groups in total. The number of hydrogen-bond donors (Lipinski definition) is 1. The molecule has 0 aliphatic carbocycles. The van der Waals surface area contributed by atoms with Crippen molar-refractivity contribution in [2.24, 2.45) is 0 Å². The van der Waals surface area contributed by atoms with Crippen LogP contribution in [0.2, 0.25) is 0 Å². The highest BCUT2D eigenvalue weighted by Gasteiger charge is 2.40. The number of benzene rings is 1. The predicted octanol–water partition coefficient (Wildman–Crippen LogP) is 2.02. The van der Waals surface area contributed by atoms with Gasteiger partial charge >= 0.3 is 0 Å². The number of fused-ring (bicyclic) bond motifs is 1. The third-order valence-corrected chi connectivity index (χ3v) is 3.55. The molecule has 1 aromatic heterocycles. The fourth-order valence-corrected chi connectivity index (χ4v) is 2.69. The second-order valence-corrected chi connectivity index (χ2v) is 4.50. The Morgan fingerprint density at radius 1 is 1.22 bits per heavy atom. The fourth-order valence-electron chi connectivity index (χ4n) is 2.69. The second kappa shape index (κ2) is 4.35. The molecule has 3 heteroatoms. The summed E-state index contributed by atoms with van der Waals surface area (Å²) in [6.07, 6.45) is 3.13. The van der Waals surface area contributed by atoms with E-state index in [1.807, 2.05) is 30.3 Å². The topological polar surface area (TPSA) is 42.0 Å². The van der Waals surface area contributed by atoms with Crippen LogP contribution in [-0.4, -0.2) is 11.3 Å². The monoisotopic (exact) mass is 238 g/mol. The molecule has 1 aliphatic rings. The molecule has 3 nitrogen and oxygen atoms in total. The molecule has 0 radical (unpaired) electrons. The van der Waals surface area contributed by atoms with Gasteiger partial charge in [0, 0.05) is 19.2 Å². The van der Waals surface area contributed by atoms with Gasteiger partial charge < -0.3 is 4.79 Å². The van der Waals surface area contributed by atoms with Gasteiger partial charge in [-0.1, -0.05) is 30.3 Å². The molecule has 0 saturated heterocycles. The fraction of sp³-hybridized carbons (Fsp3) is 0.200. The number of nitrogens with one attached hydrogen (secondary N) is 1. The maximum atomic E-state index is 11.1. The first kappa shape index (κ1) is 11.1. The summed E-state index contributed by atoms with van der Waals surface area (Å²) in [4.78, 5) is 15.5. The van der Waals surface area contributed by atoms with Crippen LogP contribution in [-0.2, 0) is 16.9 Å². The van der Waals surface area contributed by atoms with Gasteiger partial charge in [0.15, 0.2) is 0 Å². The van der Waals surface area contributed by atoms with Crippen molar-refractivity contribution in [1.82, 2.24) is 10.3 Å². The highest BCUT2D eigenvalue weighted by Crippen LogP contribution is 2.37. The number of nitrogens with zero attached hydrogens (tertiary/aromatic N) is 1. The van der Waals surface area contributed by atoms with Gasteiger partial charge in [-0.05, 0) is 23.3 Å². The summed E-state index contributed by atoms with van der Waals surface area (Å²) in [5.41, 5.74) is 2.85. The molecule has 0 fully saturated rings. The molecule has 1 unspecified atom stereocenters. The molecule has 2 aromatic rings. The molecule has 90 valence electrons. The Bertz CT molecular complexity index is 568. The van der Waals surface area contributed by atoms with Crippen molar-refractivity contribution in [3.05, 3.63) is 65.5 Å². The van der Waals surface area contributed by atoms with E-state index in [2.05, 4.69) is 22.4 Å². The van der Waals surface area contributed by atoms with Crippen LogP contribution >= 0.6 is 0 Å². The number of carbonyl (C=O) groups is 1. The van der Waals surface area contributed by atoms with E-state index in [1.54, 1.807) is 6.20 Å². The number of aromatic nitrogens is 1. The van der Waals surface area contributed by atoms with Crippen molar-refractivity contribution in [2.75, 3.05) is 0 Å². The molecule has 1 aliphatic heterocycles. The largest absolute Gasteiger partial charge is 0.303 e. The summed E-state index contributed by atoms with van der Waals surface area (Å²) >= 11 is 0. The molecule has 1 atom stereocenters. The lowest BCUT2D eigenvalue weighted by molar-refractivity contribution is -0.108. The van der Waals surface area contributed by atoms with Gasteiger partial charge in [0.1, 0.15) is 6.29 Å². The highest BCUT2D eigenvalue weighted by atomic mass is 16.1. The van der Waals surface area contributed by atoms with Crippen LogP contribution in [0.3, 0.4) is 0 Å². The highest BCUT2D eigenvalue weighted by molar-refractivity contribution is 5.58. The summed E-state index contributed by atoms with van der Waals surface area (Å²) in [5.74, 6) is 0. The van der Waals surface area contributed by atoms with Crippen molar-refractivity contribution in [2.45, 2.75) is 18.5 Å². The van der Waals surface area contributed by atoms with Crippen LogP contribution in [0, 0.1) is 0 Å². The SMILES string of the molecule is O=CCC1(c2ccccn2)NCc2ccccc21.